The summed E-state index contributed by atoms with van der Waals surface area (Å²) in [5, 5.41) is 0. The van der Waals surface area contributed by atoms with Gasteiger partial charge >= 0.3 is 0 Å². The maximum atomic E-state index is 2.37. The molecule has 0 aliphatic heterocycles. The van der Waals surface area contributed by atoms with Gasteiger partial charge in [0.1, 0.15) is 0 Å². The summed E-state index contributed by atoms with van der Waals surface area (Å²) in [5.41, 5.74) is 0. The van der Waals surface area contributed by atoms with Gasteiger partial charge in [0.05, 0.1) is 0 Å². The lowest BCUT2D eigenvalue weighted by Crippen LogP contribution is -2.00. The molecule has 0 unspecified atom stereocenters. The molecule has 0 amide bonds. The molecule has 0 rings (SSSR count). The lowest BCUT2D eigenvalue weighted by Gasteiger charge is -2.15. The Bertz CT molecular complexity index is 105. The van der Waals surface area contributed by atoms with Gasteiger partial charge in [-0.15, -0.1) is 0 Å². The van der Waals surface area contributed by atoms with Crippen LogP contribution in [0.2, 0.25) is 0 Å². The molecule has 0 saturated carbocycles. The topological polar surface area (TPSA) is 0 Å². The first kappa shape index (κ1) is 16.0. The molecule has 0 aromatic heterocycles. The third kappa shape index (κ3) is 10.5. The highest BCUT2D eigenvalue weighted by Gasteiger charge is 2.06. The first-order chi connectivity index (χ1) is 7.85. The van der Waals surface area contributed by atoms with E-state index in [2.05, 4.69) is 27.2 Å². The van der Waals surface area contributed by atoms with Crippen LogP contribution in [0.25, 0.3) is 0 Å². The zero-order valence-electron chi connectivity index (χ0n) is 11.9. The van der Waals surface area contributed by atoms with Crippen LogP contribution in [0.4, 0.5) is 0 Å². The van der Waals surface area contributed by atoms with E-state index in [1.54, 1.807) is 0 Å². The summed E-state index contributed by atoms with van der Waals surface area (Å²) in [6.45, 7) is 6.80. The van der Waals surface area contributed by atoms with Crippen molar-refractivity contribution >= 4 is 0 Å². The first-order valence-corrected chi connectivity index (χ1v) is 7.62. The summed E-state index contributed by atoms with van der Waals surface area (Å²) >= 11 is 0. The fourth-order valence-electron chi connectivity index (χ4n) is 2.43. The van der Waals surface area contributed by atoms with Crippen molar-refractivity contribution in [3.63, 3.8) is 0 Å². The standard InChI is InChI=1S/C16H33/c1-4-7-9-11-14-16(13-6-3)15-12-10-8-5-2/h6,16H,4-5,7-15H2,1-3H3. The van der Waals surface area contributed by atoms with E-state index in [0.717, 1.165) is 5.92 Å². The van der Waals surface area contributed by atoms with Gasteiger partial charge in [-0.25, -0.2) is 0 Å². The van der Waals surface area contributed by atoms with Gasteiger partial charge in [0, 0.05) is 0 Å². The Balaban J connectivity index is 3.45. The Hall–Kier alpha value is 0. The number of unbranched alkanes of at least 4 members (excludes halogenated alkanes) is 6. The summed E-state index contributed by atoms with van der Waals surface area (Å²) in [5.74, 6) is 0.985. The number of hydrogen-bond acceptors (Lipinski definition) is 0. The number of hydrogen-bond donors (Lipinski definition) is 0. The molecule has 97 valence electrons. The molecule has 0 heterocycles. The monoisotopic (exact) mass is 225 g/mol. The van der Waals surface area contributed by atoms with Crippen LogP contribution < -0.4 is 0 Å². The fourth-order valence-corrected chi connectivity index (χ4v) is 2.43. The van der Waals surface area contributed by atoms with Gasteiger partial charge in [-0.3, -0.25) is 0 Å². The van der Waals surface area contributed by atoms with E-state index < -0.39 is 0 Å². The molecule has 0 heteroatoms. The molecule has 0 fully saturated rings. The fraction of sp³-hybridized carbons (Fsp3) is 0.938. The quantitative estimate of drug-likeness (QED) is 0.349. The van der Waals surface area contributed by atoms with Crippen LogP contribution >= 0.6 is 0 Å². The molecule has 0 aromatic carbocycles. The molecular formula is C16H33. The predicted octanol–water partition coefficient (Wildman–Crippen LogP) is 6.16. The third-order valence-electron chi connectivity index (χ3n) is 3.50. The van der Waals surface area contributed by atoms with E-state index in [0.29, 0.717) is 0 Å². The van der Waals surface area contributed by atoms with Crippen LogP contribution in [0.5, 0.6) is 0 Å². The van der Waals surface area contributed by atoms with Crippen molar-refractivity contribution in [3.05, 3.63) is 6.42 Å². The van der Waals surface area contributed by atoms with Crippen molar-refractivity contribution in [3.8, 4) is 0 Å². The van der Waals surface area contributed by atoms with Crippen molar-refractivity contribution in [1.29, 1.82) is 0 Å². The highest BCUT2D eigenvalue weighted by Crippen LogP contribution is 2.22. The van der Waals surface area contributed by atoms with Gasteiger partial charge in [-0.05, 0) is 18.8 Å². The highest BCUT2D eigenvalue weighted by molar-refractivity contribution is 4.67. The van der Waals surface area contributed by atoms with Gasteiger partial charge in [-0.1, -0.05) is 85.0 Å². The van der Waals surface area contributed by atoms with Crippen molar-refractivity contribution < 1.29 is 0 Å². The molecule has 0 bridgehead atoms. The van der Waals surface area contributed by atoms with Crippen LogP contribution in [-0.2, 0) is 0 Å². The van der Waals surface area contributed by atoms with Gasteiger partial charge in [-0.2, -0.15) is 0 Å². The second-order valence-corrected chi connectivity index (χ2v) is 5.21. The van der Waals surface area contributed by atoms with E-state index >= 15 is 0 Å². The van der Waals surface area contributed by atoms with E-state index in [1.165, 1.54) is 70.6 Å². The maximum Gasteiger partial charge on any atom is -0.0412 e. The van der Waals surface area contributed by atoms with E-state index in [-0.39, 0.29) is 0 Å². The second kappa shape index (κ2) is 13.1. The Kier molecular flexibility index (Phi) is 13.1. The Morgan fingerprint density at radius 3 is 1.62 bits per heavy atom. The summed E-state index contributed by atoms with van der Waals surface area (Å²) < 4.78 is 0. The van der Waals surface area contributed by atoms with Crippen LogP contribution in [0, 0.1) is 12.3 Å². The zero-order chi connectivity index (χ0) is 12.1. The third-order valence-corrected chi connectivity index (χ3v) is 3.50. The van der Waals surface area contributed by atoms with E-state index in [1.807, 2.05) is 0 Å². The summed E-state index contributed by atoms with van der Waals surface area (Å²) in [6.07, 6.45) is 18.0. The minimum absolute atomic E-state index is 0.985. The van der Waals surface area contributed by atoms with Crippen LogP contribution in [0.3, 0.4) is 0 Å². The molecule has 0 aliphatic rings. The molecule has 0 aliphatic carbocycles. The zero-order valence-corrected chi connectivity index (χ0v) is 11.9. The Morgan fingerprint density at radius 1 is 0.750 bits per heavy atom. The smallest absolute Gasteiger partial charge is 0.0412 e. The molecule has 16 heavy (non-hydrogen) atoms. The van der Waals surface area contributed by atoms with E-state index in [4.69, 9.17) is 0 Å². The van der Waals surface area contributed by atoms with Crippen molar-refractivity contribution in [2.45, 2.75) is 91.4 Å². The average Bonchev–Trinajstić information content (AvgIpc) is 2.30. The summed E-state index contributed by atoms with van der Waals surface area (Å²) in [4.78, 5) is 0. The van der Waals surface area contributed by atoms with Crippen LogP contribution in [0.15, 0.2) is 0 Å². The van der Waals surface area contributed by atoms with Gasteiger partial charge in [0.2, 0.25) is 0 Å². The summed E-state index contributed by atoms with van der Waals surface area (Å²) in [7, 11) is 0. The number of rotatable bonds is 12. The van der Waals surface area contributed by atoms with Crippen molar-refractivity contribution in [2.24, 2.45) is 5.92 Å². The molecule has 1 radical (unpaired) electrons. The van der Waals surface area contributed by atoms with E-state index in [9.17, 15) is 0 Å². The van der Waals surface area contributed by atoms with Gasteiger partial charge < -0.3 is 0 Å². The molecule has 0 aromatic rings. The van der Waals surface area contributed by atoms with Crippen molar-refractivity contribution in [1.82, 2.24) is 0 Å². The predicted molar refractivity (Wildman–Crippen MR) is 75.6 cm³/mol. The van der Waals surface area contributed by atoms with Gasteiger partial charge in [0.25, 0.3) is 0 Å². The van der Waals surface area contributed by atoms with Gasteiger partial charge in [0.15, 0.2) is 0 Å². The lowest BCUT2D eigenvalue weighted by molar-refractivity contribution is 0.401. The molecule has 0 spiro atoms. The molecule has 0 saturated heterocycles. The minimum Gasteiger partial charge on any atom is -0.0654 e. The first-order valence-electron chi connectivity index (χ1n) is 7.62. The maximum absolute atomic E-state index is 2.37. The van der Waals surface area contributed by atoms with Crippen molar-refractivity contribution in [2.75, 3.05) is 0 Å². The largest absolute Gasteiger partial charge is 0.0654 e. The Labute approximate surface area is 104 Å². The lowest BCUT2D eigenvalue weighted by atomic mass is 9.91. The summed E-state index contributed by atoms with van der Waals surface area (Å²) in [6, 6.07) is 0. The average molecular weight is 225 g/mol. The van der Waals surface area contributed by atoms with Crippen LogP contribution in [0.1, 0.15) is 91.4 Å². The molecule has 0 atom stereocenters. The second-order valence-electron chi connectivity index (χ2n) is 5.21. The molecular weight excluding hydrogens is 192 g/mol. The highest BCUT2D eigenvalue weighted by atomic mass is 14.1. The Morgan fingerprint density at radius 2 is 1.25 bits per heavy atom. The van der Waals surface area contributed by atoms with Crippen LogP contribution in [-0.4, -0.2) is 0 Å². The minimum atomic E-state index is 0.985. The normalized spacial score (nSPS) is 11.2. The molecule has 0 nitrogen and oxygen atoms in total. The molecule has 0 N–H and O–H groups in total. The SMILES string of the molecule is C[CH]CC(CCCCCC)CCCCCC.